The largest absolute Gasteiger partial charge is 0.337 e. The summed E-state index contributed by atoms with van der Waals surface area (Å²) in [5, 5.41) is 1.84. The zero-order valence-electron chi connectivity index (χ0n) is 12.5. The normalized spacial score (nSPS) is 11.3. The summed E-state index contributed by atoms with van der Waals surface area (Å²) in [6, 6.07) is 7.59. The van der Waals surface area contributed by atoms with Crippen molar-refractivity contribution in [3.05, 3.63) is 56.0 Å². The quantitative estimate of drug-likeness (QED) is 0.540. The summed E-state index contributed by atoms with van der Waals surface area (Å²) < 4.78 is 2.21. The summed E-state index contributed by atoms with van der Waals surface area (Å²) in [4.78, 5) is 14.7. The summed E-state index contributed by atoms with van der Waals surface area (Å²) in [6.45, 7) is 6.95. The number of ketones is 1. The Morgan fingerprint density at radius 2 is 1.95 bits per heavy atom. The van der Waals surface area contributed by atoms with Crippen molar-refractivity contribution in [2.45, 2.75) is 27.3 Å². The Morgan fingerprint density at radius 1 is 1.23 bits per heavy atom. The molecule has 0 saturated heterocycles. The monoisotopic (exact) mass is 351 g/mol. The molecule has 0 atom stereocenters. The van der Waals surface area contributed by atoms with Crippen molar-refractivity contribution in [2.75, 3.05) is 0 Å². The summed E-state index contributed by atoms with van der Waals surface area (Å²) in [5.74, 6) is -0.0634. The van der Waals surface area contributed by atoms with E-state index in [0.29, 0.717) is 20.5 Å². The molecule has 3 rings (SSSR count). The fraction of sp³-hybridized carbons (Fsp3) is 0.235. The molecular formula is C17H15Cl2NOS. The van der Waals surface area contributed by atoms with Crippen molar-refractivity contribution in [2.24, 2.45) is 0 Å². The number of rotatable bonds is 3. The zero-order chi connectivity index (χ0) is 16.0. The lowest BCUT2D eigenvalue weighted by Gasteiger charge is -2.07. The summed E-state index contributed by atoms with van der Waals surface area (Å²) in [7, 11) is 0. The van der Waals surface area contributed by atoms with Crippen LogP contribution in [-0.2, 0) is 6.54 Å². The van der Waals surface area contributed by atoms with Crippen LogP contribution in [-0.4, -0.2) is 10.4 Å². The van der Waals surface area contributed by atoms with Crippen LogP contribution in [0.25, 0.3) is 10.2 Å². The topological polar surface area (TPSA) is 22.0 Å². The summed E-state index contributed by atoms with van der Waals surface area (Å²) >= 11 is 13.8. The average molecular weight is 352 g/mol. The van der Waals surface area contributed by atoms with Crippen molar-refractivity contribution in [3.8, 4) is 0 Å². The molecule has 0 aliphatic rings. The van der Waals surface area contributed by atoms with E-state index in [2.05, 4.69) is 24.5 Å². The van der Waals surface area contributed by atoms with Gasteiger partial charge in [-0.3, -0.25) is 4.79 Å². The molecule has 0 spiro atoms. The van der Waals surface area contributed by atoms with Crippen LogP contribution < -0.4 is 0 Å². The molecule has 0 N–H and O–H groups in total. The highest BCUT2D eigenvalue weighted by atomic mass is 35.5. The number of nitrogens with zero attached hydrogens (tertiary/aromatic N) is 1. The molecule has 0 aliphatic carbocycles. The number of benzene rings is 1. The molecule has 0 radical (unpaired) electrons. The summed E-state index contributed by atoms with van der Waals surface area (Å²) in [6.07, 6.45) is 0. The van der Waals surface area contributed by atoms with E-state index in [1.54, 1.807) is 6.07 Å². The molecule has 5 heteroatoms. The van der Waals surface area contributed by atoms with E-state index < -0.39 is 0 Å². The molecule has 2 heterocycles. The molecule has 0 aliphatic heterocycles. The molecule has 1 aromatic carbocycles. The van der Waals surface area contributed by atoms with Crippen molar-refractivity contribution < 1.29 is 4.79 Å². The maximum Gasteiger partial charge on any atom is 0.204 e. The maximum atomic E-state index is 12.9. The first-order chi connectivity index (χ1) is 10.4. The van der Waals surface area contributed by atoms with E-state index in [-0.39, 0.29) is 5.78 Å². The van der Waals surface area contributed by atoms with Crippen LogP contribution in [0.1, 0.15) is 33.4 Å². The van der Waals surface area contributed by atoms with Gasteiger partial charge in [-0.05, 0) is 44.5 Å². The van der Waals surface area contributed by atoms with Gasteiger partial charge in [-0.2, -0.15) is 0 Å². The molecule has 2 aromatic heterocycles. The number of hydrogen-bond donors (Lipinski definition) is 0. The number of aryl methyl sites for hydroxylation is 3. The molecule has 0 amide bonds. The summed E-state index contributed by atoms with van der Waals surface area (Å²) in [5.41, 5.74) is 2.55. The molecule has 114 valence electrons. The van der Waals surface area contributed by atoms with Crippen molar-refractivity contribution in [1.82, 2.24) is 4.57 Å². The smallest absolute Gasteiger partial charge is 0.204 e. The van der Waals surface area contributed by atoms with Crippen LogP contribution in [0.4, 0.5) is 0 Å². The number of hydrogen-bond acceptors (Lipinski definition) is 2. The van der Waals surface area contributed by atoms with Gasteiger partial charge in [-0.1, -0.05) is 29.3 Å². The zero-order valence-corrected chi connectivity index (χ0v) is 14.9. The van der Waals surface area contributed by atoms with Crippen molar-refractivity contribution in [3.63, 3.8) is 0 Å². The predicted octanol–water partition coefficient (Wildman–Crippen LogP) is 5.88. The Kier molecular flexibility index (Phi) is 4.06. The first kappa shape index (κ1) is 15.6. The van der Waals surface area contributed by atoms with Crippen LogP contribution >= 0.6 is 34.5 Å². The van der Waals surface area contributed by atoms with Crippen molar-refractivity contribution >= 4 is 50.5 Å². The lowest BCUT2D eigenvalue weighted by atomic mass is 10.0. The molecule has 0 unspecified atom stereocenters. The van der Waals surface area contributed by atoms with Gasteiger partial charge in [0.15, 0.2) is 0 Å². The molecule has 0 bridgehead atoms. The van der Waals surface area contributed by atoms with E-state index in [0.717, 1.165) is 22.3 Å². The minimum Gasteiger partial charge on any atom is -0.337 e. The first-order valence-corrected chi connectivity index (χ1v) is 8.60. The fourth-order valence-electron chi connectivity index (χ4n) is 2.73. The van der Waals surface area contributed by atoms with Crippen LogP contribution in [0.2, 0.25) is 10.0 Å². The van der Waals surface area contributed by atoms with Crippen LogP contribution in [0.5, 0.6) is 0 Å². The Bertz CT molecular complexity index is 892. The Labute approximate surface area is 143 Å². The van der Waals surface area contributed by atoms with E-state index in [4.69, 9.17) is 23.2 Å². The third kappa shape index (κ3) is 2.37. The molecule has 0 saturated carbocycles. The van der Waals surface area contributed by atoms with Gasteiger partial charge < -0.3 is 4.57 Å². The van der Waals surface area contributed by atoms with Gasteiger partial charge >= 0.3 is 0 Å². The average Bonchev–Trinajstić information content (AvgIpc) is 2.99. The Hall–Kier alpha value is -1.29. The van der Waals surface area contributed by atoms with Gasteiger partial charge in [0.25, 0.3) is 0 Å². The first-order valence-electron chi connectivity index (χ1n) is 7.03. The van der Waals surface area contributed by atoms with Crippen molar-refractivity contribution in [1.29, 1.82) is 0 Å². The molecule has 3 aromatic rings. The second-order valence-corrected chi connectivity index (χ2v) is 7.10. The standard InChI is InChI=1S/C17H15Cl2NOS/c1-4-20-10(3)7-11-8-13(22-17(11)20)16(21)14-9(2)5-6-12(18)15(14)19/h5-8H,4H2,1-3H3. The second-order valence-electron chi connectivity index (χ2n) is 5.28. The number of carbonyl (C=O) groups is 1. The van der Waals surface area contributed by atoms with E-state index in [1.807, 2.05) is 19.1 Å². The predicted molar refractivity (Wildman–Crippen MR) is 94.9 cm³/mol. The molecule has 0 fully saturated rings. The highest BCUT2D eigenvalue weighted by Gasteiger charge is 2.21. The van der Waals surface area contributed by atoms with E-state index >= 15 is 0 Å². The van der Waals surface area contributed by atoms with Gasteiger partial charge in [-0.25, -0.2) is 0 Å². The fourth-order valence-corrected chi connectivity index (χ4v) is 4.39. The minimum atomic E-state index is -0.0634. The lowest BCUT2D eigenvalue weighted by Crippen LogP contribution is -2.03. The van der Waals surface area contributed by atoms with Gasteiger partial charge in [0.2, 0.25) is 5.78 Å². The SMILES string of the molecule is CCn1c(C)cc2cc(C(=O)c3c(C)ccc(Cl)c3Cl)sc21. The number of aromatic nitrogens is 1. The highest BCUT2D eigenvalue weighted by Crippen LogP contribution is 2.34. The Morgan fingerprint density at radius 3 is 2.64 bits per heavy atom. The third-order valence-electron chi connectivity index (χ3n) is 3.85. The second kappa shape index (κ2) is 5.73. The number of carbonyl (C=O) groups excluding carboxylic acids is 1. The van der Waals surface area contributed by atoms with Gasteiger partial charge in [0, 0.05) is 23.2 Å². The minimum absolute atomic E-state index is 0.0634. The van der Waals surface area contributed by atoms with E-state index in [1.165, 1.54) is 17.0 Å². The molecular weight excluding hydrogens is 337 g/mol. The van der Waals surface area contributed by atoms with E-state index in [9.17, 15) is 4.79 Å². The number of halogens is 2. The Balaban J connectivity index is 2.14. The maximum absolute atomic E-state index is 12.9. The van der Waals surface area contributed by atoms with Crippen LogP contribution in [0.3, 0.4) is 0 Å². The highest BCUT2D eigenvalue weighted by molar-refractivity contribution is 7.20. The molecule has 2 nitrogen and oxygen atoms in total. The third-order valence-corrected chi connectivity index (χ3v) is 5.82. The number of thiophene rings is 1. The number of fused-ring (bicyclic) bond motifs is 1. The van der Waals surface area contributed by atoms with Gasteiger partial charge in [0.1, 0.15) is 4.83 Å². The van der Waals surface area contributed by atoms with Gasteiger partial charge in [-0.15, -0.1) is 11.3 Å². The van der Waals surface area contributed by atoms with Crippen LogP contribution in [0, 0.1) is 13.8 Å². The van der Waals surface area contributed by atoms with Gasteiger partial charge in [0.05, 0.1) is 14.9 Å². The lowest BCUT2D eigenvalue weighted by molar-refractivity contribution is 0.104. The van der Waals surface area contributed by atoms with Crippen LogP contribution in [0.15, 0.2) is 24.3 Å². The molecule has 22 heavy (non-hydrogen) atoms.